The van der Waals surface area contributed by atoms with Gasteiger partial charge in [-0.15, -0.1) is 10.2 Å². The second-order valence-electron chi connectivity index (χ2n) is 15.4. The van der Waals surface area contributed by atoms with Crippen molar-refractivity contribution >= 4 is 5.97 Å². The second-order valence-corrected chi connectivity index (χ2v) is 15.4. The monoisotopic (exact) mass is 719 g/mol. The lowest BCUT2D eigenvalue weighted by Crippen LogP contribution is -2.46. The molecule has 10 nitrogen and oxygen atoms in total. The van der Waals surface area contributed by atoms with Crippen molar-refractivity contribution in [2.45, 2.75) is 89.6 Å². The number of carbonyl (C=O) groups excluding carboxylic acids is 1. The highest BCUT2D eigenvalue weighted by Crippen LogP contribution is 2.40. The minimum Gasteiger partial charge on any atom is -0.497 e. The molecule has 4 atom stereocenters. The number of methoxy groups -OCH3 is 1. The Hall–Kier alpha value is -4.12. The number of aromatic nitrogens is 4. The average Bonchev–Trinajstić information content (AvgIpc) is 3.84. The van der Waals surface area contributed by atoms with Gasteiger partial charge in [-0.1, -0.05) is 92.6 Å². The summed E-state index contributed by atoms with van der Waals surface area (Å²) in [6.07, 6.45) is 7.50. The molecule has 282 valence electrons. The summed E-state index contributed by atoms with van der Waals surface area (Å²) in [5, 5.41) is 13.5. The van der Waals surface area contributed by atoms with E-state index >= 15 is 0 Å². The third-order valence-corrected chi connectivity index (χ3v) is 12.0. The van der Waals surface area contributed by atoms with Crippen LogP contribution in [0.25, 0.3) is 0 Å². The van der Waals surface area contributed by atoms with Crippen LogP contribution in [0.1, 0.15) is 80.3 Å². The lowest BCUT2D eigenvalue weighted by Gasteiger charge is -2.39. The highest BCUT2D eigenvalue weighted by molar-refractivity contribution is 5.69. The number of hydrogen-bond donors (Lipinski definition) is 0. The summed E-state index contributed by atoms with van der Waals surface area (Å²) in [6.45, 7) is 10.4. The number of carbonyl (C=O) groups is 1. The lowest BCUT2D eigenvalue weighted by molar-refractivity contribution is -0.147. The van der Waals surface area contributed by atoms with Gasteiger partial charge in [-0.3, -0.25) is 14.6 Å². The van der Waals surface area contributed by atoms with Crippen LogP contribution in [-0.2, 0) is 29.2 Å². The zero-order valence-corrected chi connectivity index (χ0v) is 31.6. The summed E-state index contributed by atoms with van der Waals surface area (Å²) in [4.78, 5) is 22.9. The molecule has 7 rings (SSSR count). The van der Waals surface area contributed by atoms with Gasteiger partial charge in [0.1, 0.15) is 12.4 Å². The molecule has 0 amide bonds. The van der Waals surface area contributed by atoms with Gasteiger partial charge in [0.25, 0.3) is 0 Å². The standard InChI is InChI=1S/C43H57N7O3/c1-3-48(31-42-44-46-50(45-42)27-33-12-6-4-7-13-33)38-22-24-47(25-23-38)28-37-29-49(30-40(37)35-14-8-5-9-15-35)41-17-11-10-16-36(41)26-43(51)53-32-34-18-20-39(52-2)21-19-34/h4-9,12-15,18-21,36-38,40-41H,3,10-11,16-17,22-32H2,1-2H3/t36?,37-,40+,41+/m0/s1. The first kappa shape index (κ1) is 37.2. The van der Waals surface area contributed by atoms with Crippen molar-refractivity contribution < 1.29 is 14.3 Å². The molecule has 53 heavy (non-hydrogen) atoms. The third-order valence-electron chi connectivity index (χ3n) is 12.0. The van der Waals surface area contributed by atoms with Crippen LogP contribution in [0.4, 0.5) is 0 Å². The fraction of sp³-hybridized carbons (Fsp3) is 0.535. The van der Waals surface area contributed by atoms with Gasteiger partial charge in [0.2, 0.25) is 0 Å². The number of ether oxygens (including phenoxy) is 2. The van der Waals surface area contributed by atoms with E-state index in [2.05, 4.69) is 74.4 Å². The largest absolute Gasteiger partial charge is 0.497 e. The van der Waals surface area contributed by atoms with Crippen LogP contribution in [0.3, 0.4) is 0 Å². The Bertz CT molecular complexity index is 1690. The Morgan fingerprint density at radius 1 is 0.849 bits per heavy atom. The summed E-state index contributed by atoms with van der Waals surface area (Å²) in [5.74, 6) is 2.92. The molecular weight excluding hydrogens is 663 g/mol. The van der Waals surface area contributed by atoms with Crippen LogP contribution in [0.5, 0.6) is 5.75 Å². The fourth-order valence-electron chi connectivity index (χ4n) is 9.14. The molecule has 3 aliphatic rings. The number of benzene rings is 3. The molecule has 1 aromatic heterocycles. The second kappa shape index (κ2) is 18.3. The first-order chi connectivity index (χ1) is 26.0. The van der Waals surface area contributed by atoms with Gasteiger partial charge in [-0.05, 0) is 91.2 Å². The van der Waals surface area contributed by atoms with Crippen molar-refractivity contribution in [3.05, 3.63) is 107 Å². The Kier molecular flexibility index (Phi) is 12.8. The van der Waals surface area contributed by atoms with Crippen LogP contribution in [0.2, 0.25) is 0 Å². The minimum atomic E-state index is -0.0790. The fourth-order valence-corrected chi connectivity index (χ4v) is 9.14. The van der Waals surface area contributed by atoms with E-state index in [9.17, 15) is 4.79 Å². The highest BCUT2D eigenvalue weighted by Gasteiger charge is 2.41. The molecule has 4 aromatic rings. The Morgan fingerprint density at radius 2 is 1.58 bits per heavy atom. The Morgan fingerprint density at radius 3 is 2.32 bits per heavy atom. The lowest BCUT2D eigenvalue weighted by atomic mass is 9.81. The number of hydrogen-bond acceptors (Lipinski definition) is 9. The highest BCUT2D eigenvalue weighted by atomic mass is 16.5. The first-order valence-electron chi connectivity index (χ1n) is 19.9. The number of nitrogens with zero attached hydrogens (tertiary/aromatic N) is 7. The van der Waals surface area contributed by atoms with E-state index in [0.717, 1.165) is 88.6 Å². The zero-order chi connectivity index (χ0) is 36.4. The maximum atomic E-state index is 13.2. The molecule has 2 aliphatic heterocycles. The van der Waals surface area contributed by atoms with E-state index in [0.29, 0.717) is 49.4 Å². The van der Waals surface area contributed by atoms with Gasteiger partial charge in [0.15, 0.2) is 5.82 Å². The third kappa shape index (κ3) is 9.90. The Balaban J connectivity index is 0.935. The smallest absolute Gasteiger partial charge is 0.306 e. The SMILES string of the molecule is CCN(Cc1nnn(Cc2ccccc2)n1)C1CCN(C[C@H]2CN([C@@H]3CCCCC3CC(=O)OCc3ccc(OC)cc3)C[C@@H]2c2ccccc2)CC1. The van der Waals surface area contributed by atoms with E-state index in [1.807, 2.05) is 42.5 Å². The van der Waals surface area contributed by atoms with Crippen LogP contribution >= 0.6 is 0 Å². The van der Waals surface area contributed by atoms with Crippen LogP contribution < -0.4 is 4.74 Å². The average molecular weight is 720 g/mol. The van der Waals surface area contributed by atoms with Gasteiger partial charge in [0.05, 0.1) is 20.2 Å². The first-order valence-corrected chi connectivity index (χ1v) is 19.9. The van der Waals surface area contributed by atoms with Crippen molar-refractivity contribution in [1.29, 1.82) is 0 Å². The molecule has 0 radical (unpaired) electrons. The maximum absolute atomic E-state index is 13.2. The summed E-state index contributed by atoms with van der Waals surface area (Å²) in [7, 11) is 1.66. The van der Waals surface area contributed by atoms with Crippen molar-refractivity contribution in [1.82, 2.24) is 34.9 Å². The number of esters is 1. The molecule has 3 fully saturated rings. The molecular formula is C43H57N7O3. The molecule has 1 saturated carbocycles. The van der Waals surface area contributed by atoms with Crippen LogP contribution in [0.15, 0.2) is 84.9 Å². The van der Waals surface area contributed by atoms with E-state index in [-0.39, 0.29) is 5.97 Å². The van der Waals surface area contributed by atoms with E-state index in [1.165, 1.54) is 24.0 Å². The number of piperidine rings is 1. The van der Waals surface area contributed by atoms with E-state index < -0.39 is 0 Å². The zero-order valence-electron chi connectivity index (χ0n) is 31.6. The van der Waals surface area contributed by atoms with Crippen LogP contribution in [-0.4, -0.2) is 99.3 Å². The van der Waals surface area contributed by atoms with E-state index in [4.69, 9.17) is 14.6 Å². The van der Waals surface area contributed by atoms with Gasteiger partial charge in [-0.25, -0.2) is 0 Å². The van der Waals surface area contributed by atoms with Crippen molar-refractivity contribution in [2.24, 2.45) is 11.8 Å². The summed E-state index contributed by atoms with van der Waals surface area (Å²) >= 11 is 0. The van der Waals surface area contributed by atoms with E-state index in [1.54, 1.807) is 11.9 Å². The Labute approximate surface area is 315 Å². The quantitative estimate of drug-likeness (QED) is 0.129. The minimum absolute atomic E-state index is 0.0790. The van der Waals surface area contributed by atoms with Gasteiger partial charge >= 0.3 is 5.97 Å². The van der Waals surface area contributed by atoms with Crippen molar-refractivity contribution in [2.75, 3.05) is 46.4 Å². The molecule has 0 spiro atoms. The van der Waals surface area contributed by atoms with Gasteiger partial charge in [0, 0.05) is 44.1 Å². The summed E-state index contributed by atoms with van der Waals surface area (Å²) in [6, 6.07) is 30.2. The predicted molar refractivity (Wildman–Crippen MR) is 206 cm³/mol. The molecule has 2 saturated heterocycles. The van der Waals surface area contributed by atoms with Gasteiger partial charge < -0.3 is 14.4 Å². The molecule has 3 aromatic carbocycles. The normalized spacial score (nSPS) is 23.0. The van der Waals surface area contributed by atoms with Crippen molar-refractivity contribution in [3.63, 3.8) is 0 Å². The van der Waals surface area contributed by atoms with Gasteiger partial charge in [-0.2, -0.15) is 4.80 Å². The van der Waals surface area contributed by atoms with Crippen molar-refractivity contribution in [3.8, 4) is 5.75 Å². The molecule has 0 bridgehead atoms. The molecule has 1 aliphatic carbocycles. The number of rotatable bonds is 15. The summed E-state index contributed by atoms with van der Waals surface area (Å²) in [5.41, 5.74) is 3.61. The predicted octanol–water partition coefficient (Wildman–Crippen LogP) is 6.42. The number of tetrazole rings is 1. The maximum Gasteiger partial charge on any atom is 0.306 e. The summed E-state index contributed by atoms with van der Waals surface area (Å²) < 4.78 is 11.1. The molecule has 0 N–H and O–H groups in total. The molecule has 3 heterocycles. The molecule has 10 heteroatoms. The van der Waals surface area contributed by atoms with Crippen LogP contribution in [0, 0.1) is 11.8 Å². The number of likely N-dealkylation sites (tertiary alicyclic amines) is 2. The molecule has 1 unspecified atom stereocenters. The topological polar surface area (TPSA) is 88.9 Å².